The van der Waals surface area contributed by atoms with E-state index in [1.807, 2.05) is 6.07 Å². The maximum Gasteiger partial charge on any atom is 0.0564 e. The Labute approximate surface area is 104 Å². The first-order chi connectivity index (χ1) is 7.66. The highest BCUT2D eigenvalue weighted by Crippen LogP contribution is 2.12. The van der Waals surface area contributed by atoms with E-state index in [4.69, 9.17) is 0 Å². The smallest absolute Gasteiger partial charge is 0.0564 e. The van der Waals surface area contributed by atoms with Gasteiger partial charge in [-0.2, -0.15) is 0 Å². The summed E-state index contributed by atoms with van der Waals surface area (Å²) in [6.45, 7) is 5.03. The predicted octanol–water partition coefficient (Wildman–Crippen LogP) is 3.61. The fourth-order valence-electron chi connectivity index (χ4n) is 1.74. The lowest BCUT2D eigenvalue weighted by atomic mass is 10.2. The number of hydrogen-bond acceptors (Lipinski definition) is 1. The lowest BCUT2D eigenvalue weighted by Gasteiger charge is -2.12. The molecule has 1 aromatic heterocycles. The van der Waals surface area contributed by atoms with Crippen LogP contribution in [0.25, 0.3) is 0 Å². The van der Waals surface area contributed by atoms with Gasteiger partial charge in [-0.15, -0.1) is 0 Å². The Hall–Kier alpha value is -1.22. The van der Waals surface area contributed by atoms with Crippen LogP contribution in [0.2, 0.25) is 0 Å². The van der Waals surface area contributed by atoms with Crippen molar-refractivity contribution < 1.29 is 0 Å². The van der Waals surface area contributed by atoms with Crippen molar-refractivity contribution in [3.8, 4) is 0 Å². The second kappa shape index (κ2) is 4.74. The van der Waals surface area contributed by atoms with E-state index in [2.05, 4.69) is 70.2 Å². The molecule has 1 heterocycles. The third kappa shape index (κ3) is 2.47. The van der Waals surface area contributed by atoms with E-state index in [-0.39, 0.29) is 0 Å². The van der Waals surface area contributed by atoms with Gasteiger partial charge in [-0.1, -0.05) is 28.1 Å². The Balaban J connectivity index is 2.08. The van der Waals surface area contributed by atoms with Gasteiger partial charge in [0.05, 0.1) is 6.54 Å². The second-order valence-corrected chi connectivity index (χ2v) is 4.83. The van der Waals surface area contributed by atoms with Crippen molar-refractivity contribution in [1.29, 1.82) is 0 Å². The molecule has 0 aliphatic rings. The maximum absolute atomic E-state index is 3.48. The zero-order valence-corrected chi connectivity index (χ0v) is 11.1. The van der Waals surface area contributed by atoms with Crippen LogP contribution < -0.4 is 5.43 Å². The molecule has 1 aromatic carbocycles. The summed E-state index contributed by atoms with van der Waals surface area (Å²) >= 11 is 3.48. The average Bonchev–Trinajstić information content (AvgIpc) is 2.56. The van der Waals surface area contributed by atoms with Gasteiger partial charge in [0.1, 0.15) is 0 Å². The number of aromatic nitrogens is 1. The first-order valence-electron chi connectivity index (χ1n) is 5.30. The number of halogens is 1. The Morgan fingerprint density at radius 1 is 1.12 bits per heavy atom. The fraction of sp³-hybridized carbons (Fsp3) is 0.231. The van der Waals surface area contributed by atoms with Crippen LogP contribution >= 0.6 is 15.9 Å². The fourth-order valence-corrected chi connectivity index (χ4v) is 2.18. The van der Waals surface area contributed by atoms with Crippen molar-refractivity contribution in [3.05, 3.63) is 57.8 Å². The number of benzene rings is 1. The predicted molar refractivity (Wildman–Crippen MR) is 71.1 cm³/mol. The highest BCUT2D eigenvalue weighted by Gasteiger charge is 2.00. The van der Waals surface area contributed by atoms with Crippen LogP contribution in [0.5, 0.6) is 0 Å². The normalized spacial score (nSPS) is 10.4. The van der Waals surface area contributed by atoms with Gasteiger partial charge in [0.2, 0.25) is 0 Å². The molecule has 0 spiro atoms. The molecule has 0 fully saturated rings. The molecule has 84 valence electrons. The number of nitrogens with one attached hydrogen (secondary N) is 1. The van der Waals surface area contributed by atoms with E-state index in [0.717, 1.165) is 11.0 Å². The van der Waals surface area contributed by atoms with Crippen LogP contribution in [-0.4, -0.2) is 4.68 Å². The quantitative estimate of drug-likeness (QED) is 0.908. The summed E-state index contributed by atoms with van der Waals surface area (Å²) in [7, 11) is 0. The molecular weight excluding hydrogens is 264 g/mol. The Morgan fingerprint density at radius 3 is 2.44 bits per heavy atom. The number of rotatable bonds is 3. The first-order valence-corrected chi connectivity index (χ1v) is 6.09. The lowest BCUT2D eigenvalue weighted by molar-refractivity contribution is 0.792. The summed E-state index contributed by atoms with van der Waals surface area (Å²) < 4.78 is 3.23. The Kier molecular flexibility index (Phi) is 3.34. The summed E-state index contributed by atoms with van der Waals surface area (Å²) in [5, 5.41) is 0. The van der Waals surface area contributed by atoms with Crippen LogP contribution in [0.15, 0.2) is 40.9 Å². The molecule has 1 N–H and O–H groups in total. The van der Waals surface area contributed by atoms with Gasteiger partial charge >= 0.3 is 0 Å². The largest absolute Gasteiger partial charge is 0.322 e. The zero-order chi connectivity index (χ0) is 11.5. The van der Waals surface area contributed by atoms with Crippen molar-refractivity contribution in [2.24, 2.45) is 0 Å². The van der Waals surface area contributed by atoms with Crippen LogP contribution in [-0.2, 0) is 6.54 Å². The molecular formula is C13H15BrN2. The number of nitrogens with zero attached hydrogens (tertiary/aromatic N) is 1. The van der Waals surface area contributed by atoms with Gasteiger partial charge in [-0.05, 0) is 43.7 Å². The van der Waals surface area contributed by atoms with Crippen molar-refractivity contribution in [2.45, 2.75) is 20.4 Å². The maximum atomic E-state index is 3.48. The molecule has 0 unspecified atom stereocenters. The van der Waals surface area contributed by atoms with E-state index in [9.17, 15) is 0 Å². The summed E-state index contributed by atoms with van der Waals surface area (Å²) in [4.78, 5) is 0. The van der Waals surface area contributed by atoms with Gasteiger partial charge in [0.25, 0.3) is 0 Å². The molecule has 0 bridgehead atoms. The highest BCUT2D eigenvalue weighted by molar-refractivity contribution is 9.10. The van der Waals surface area contributed by atoms with Crippen molar-refractivity contribution in [3.63, 3.8) is 0 Å². The molecule has 2 rings (SSSR count). The van der Waals surface area contributed by atoms with Crippen LogP contribution in [0.3, 0.4) is 0 Å². The summed E-state index contributed by atoms with van der Waals surface area (Å²) in [5.41, 5.74) is 7.12. The molecule has 0 atom stereocenters. The molecule has 0 amide bonds. The van der Waals surface area contributed by atoms with E-state index in [1.165, 1.54) is 17.0 Å². The molecule has 0 saturated carbocycles. The lowest BCUT2D eigenvalue weighted by Crippen LogP contribution is -2.16. The molecule has 3 heteroatoms. The van der Waals surface area contributed by atoms with E-state index in [1.54, 1.807) is 0 Å². The minimum Gasteiger partial charge on any atom is -0.322 e. The van der Waals surface area contributed by atoms with Crippen LogP contribution in [0, 0.1) is 13.8 Å². The Morgan fingerprint density at radius 2 is 1.81 bits per heavy atom. The Bertz CT molecular complexity index is 469. The standard InChI is InChI=1S/C13H15BrN2/c1-10-6-7-11(2)16(10)15-9-12-4-3-5-13(14)8-12/h3-8,15H,9H2,1-2H3. The number of aryl methyl sites for hydroxylation is 2. The second-order valence-electron chi connectivity index (χ2n) is 3.92. The van der Waals surface area contributed by atoms with Crippen molar-refractivity contribution >= 4 is 15.9 Å². The van der Waals surface area contributed by atoms with Gasteiger partial charge in [0.15, 0.2) is 0 Å². The summed E-state index contributed by atoms with van der Waals surface area (Å²) in [5.74, 6) is 0. The van der Waals surface area contributed by atoms with Gasteiger partial charge in [-0.25, -0.2) is 0 Å². The van der Waals surface area contributed by atoms with E-state index in [0.29, 0.717) is 0 Å². The van der Waals surface area contributed by atoms with E-state index >= 15 is 0 Å². The topological polar surface area (TPSA) is 17.0 Å². The van der Waals surface area contributed by atoms with Crippen LogP contribution in [0.4, 0.5) is 0 Å². The minimum atomic E-state index is 0.829. The molecule has 16 heavy (non-hydrogen) atoms. The zero-order valence-electron chi connectivity index (χ0n) is 9.50. The van der Waals surface area contributed by atoms with Crippen molar-refractivity contribution in [2.75, 3.05) is 5.43 Å². The molecule has 0 saturated heterocycles. The monoisotopic (exact) mass is 278 g/mol. The van der Waals surface area contributed by atoms with E-state index < -0.39 is 0 Å². The third-order valence-electron chi connectivity index (χ3n) is 2.60. The van der Waals surface area contributed by atoms with Gasteiger partial charge in [0, 0.05) is 15.9 Å². The van der Waals surface area contributed by atoms with Crippen LogP contribution in [0.1, 0.15) is 17.0 Å². The molecule has 2 aromatic rings. The third-order valence-corrected chi connectivity index (χ3v) is 3.09. The SMILES string of the molecule is Cc1ccc(C)n1NCc1cccc(Br)c1. The first kappa shape index (κ1) is 11.3. The molecule has 0 aliphatic carbocycles. The molecule has 0 radical (unpaired) electrons. The number of hydrogen-bond donors (Lipinski definition) is 1. The van der Waals surface area contributed by atoms with Crippen molar-refractivity contribution in [1.82, 2.24) is 4.68 Å². The minimum absolute atomic E-state index is 0.829. The highest BCUT2D eigenvalue weighted by atomic mass is 79.9. The van der Waals surface area contributed by atoms with Gasteiger partial charge in [-0.3, -0.25) is 4.68 Å². The summed E-state index contributed by atoms with van der Waals surface area (Å²) in [6.07, 6.45) is 0. The average molecular weight is 279 g/mol. The van der Waals surface area contributed by atoms with Gasteiger partial charge < -0.3 is 5.43 Å². The summed E-state index contributed by atoms with van der Waals surface area (Å²) in [6, 6.07) is 12.6. The molecule has 2 nitrogen and oxygen atoms in total. The molecule has 0 aliphatic heterocycles.